The van der Waals surface area contributed by atoms with Gasteiger partial charge in [-0.25, -0.2) is 5.48 Å². The highest BCUT2D eigenvalue weighted by Gasteiger charge is 2.03. The molecule has 1 aromatic rings. The first-order valence-corrected chi connectivity index (χ1v) is 10.1. The number of carbonyl (C=O) groups is 1. The number of nitrogens with zero attached hydrogens (tertiary/aromatic N) is 2. The number of carbonyl (C=O) groups excluding carboxylic acids is 1. The van der Waals surface area contributed by atoms with E-state index in [-0.39, 0.29) is 6.04 Å². The SMILES string of the molecule is C#CC(CCCC)N=c1ccc(C/C=C/C(=O)NO)cn1CNC.CC.CC. The molecule has 1 heterocycles. The number of allylic oxidation sites excluding steroid dienone is 1. The summed E-state index contributed by atoms with van der Waals surface area (Å²) in [6.07, 6.45) is 14.1. The first-order valence-electron chi connectivity index (χ1n) is 10.1. The van der Waals surface area contributed by atoms with Gasteiger partial charge in [0.15, 0.2) is 0 Å². The molecule has 0 aromatic carbocycles. The predicted molar refractivity (Wildman–Crippen MR) is 117 cm³/mol. The van der Waals surface area contributed by atoms with Gasteiger partial charge in [-0.15, -0.1) is 6.42 Å². The normalized spacial score (nSPS) is 11.6. The summed E-state index contributed by atoms with van der Waals surface area (Å²) < 4.78 is 1.99. The molecule has 0 aliphatic rings. The molecule has 1 amide bonds. The molecule has 1 rings (SSSR count). The molecule has 0 fully saturated rings. The lowest BCUT2D eigenvalue weighted by Crippen LogP contribution is -2.28. The Hall–Kier alpha value is -2.36. The molecule has 0 radical (unpaired) electrons. The molecule has 0 aliphatic heterocycles. The molecule has 1 aromatic heterocycles. The van der Waals surface area contributed by atoms with Crippen molar-refractivity contribution in [2.45, 2.75) is 73.0 Å². The first kappa shape index (κ1) is 27.9. The zero-order valence-electron chi connectivity index (χ0n) is 18.3. The van der Waals surface area contributed by atoms with Gasteiger partial charge in [-0.2, -0.15) is 0 Å². The third kappa shape index (κ3) is 12.1. The summed E-state index contributed by atoms with van der Waals surface area (Å²) in [5.74, 6) is 2.20. The number of pyridine rings is 1. The van der Waals surface area contributed by atoms with Crippen LogP contribution in [0.5, 0.6) is 0 Å². The molecular weight excluding hydrogens is 352 g/mol. The predicted octanol–water partition coefficient (Wildman–Crippen LogP) is 3.41. The summed E-state index contributed by atoms with van der Waals surface area (Å²) in [6, 6.07) is 3.77. The molecular formula is C22H38N4O2. The van der Waals surface area contributed by atoms with E-state index in [1.54, 1.807) is 11.6 Å². The summed E-state index contributed by atoms with van der Waals surface area (Å²) in [6.45, 7) is 10.7. The molecule has 28 heavy (non-hydrogen) atoms. The van der Waals surface area contributed by atoms with Crippen LogP contribution in [0, 0.1) is 12.3 Å². The molecule has 1 atom stereocenters. The van der Waals surface area contributed by atoms with Gasteiger partial charge in [0.25, 0.3) is 5.91 Å². The van der Waals surface area contributed by atoms with E-state index in [1.165, 1.54) is 6.08 Å². The van der Waals surface area contributed by atoms with Gasteiger partial charge in [0.1, 0.15) is 11.5 Å². The molecule has 0 saturated carbocycles. The maximum atomic E-state index is 11.0. The first-order chi connectivity index (χ1) is 13.6. The van der Waals surface area contributed by atoms with Crippen LogP contribution >= 0.6 is 0 Å². The second-order valence-electron chi connectivity index (χ2n) is 5.41. The summed E-state index contributed by atoms with van der Waals surface area (Å²) in [5, 5.41) is 11.6. The van der Waals surface area contributed by atoms with E-state index in [4.69, 9.17) is 11.6 Å². The fourth-order valence-electron chi connectivity index (χ4n) is 2.20. The number of aromatic nitrogens is 1. The molecule has 1 unspecified atom stereocenters. The van der Waals surface area contributed by atoms with E-state index in [0.717, 1.165) is 30.3 Å². The number of hydroxylamine groups is 1. The summed E-state index contributed by atoms with van der Waals surface area (Å²) in [4.78, 5) is 15.6. The van der Waals surface area contributed by atoms with Gasteiger partial charge in [-0.1, -0.05) is 65.5 Å². The number of rotatable bonds is 9. The van der Waals surface area contributed by atoms with Crippen molar-refractivity contribution in [3.8, 4) is 12.3 Å². The lowest BCUT2D eigenvalue weighted by atomic mass is 10.1. The van der Waals surface area contributed by atoms with Crippen LogP contribution in [0.25, 0.3) is 0 Å². The molecule has 3 N–H and O–H groups in total. The number of amides is 1. The fraction of sp³-hybridized carbons (Fsp3) is 0.545. The quantitative estimate of drug-likeness (QED) is 0.262. The van der Waals surface area contributed by atoms with E-state index < -0.39 is 5.91 Å². The lowest BCUT2D eigenvalue weighted by Gasteiger charge is -2.11. The van der Waals surface area contributed by atoms with Crippen LogP contribution in [-0.4, -0.2) is 28.8 Å². The maximum Gasteiger partial charge on any atom is 0.267 e. The Morgan fingerprint density at radius 3 is 2.57 bits per heavy atom. The molecule has 0 saturated heterocycles. The number of terminal acetylenes is 1. The number of hydrogen-bond acceptors (Lipinski definition) is 4. The largest absolute Gasteiger partial charge is 0.320 e. The van der Waals surface area contributed by atoms with Crippen molar-refractivity contribution in [2.24, 2.45) is 4.99 Å². The van der Waals surface area contributed by atoms with Gasteiger partial charge in [0, 0.05) is 12.3 Å². The molecule has 0 bridgehead atoms. The Kier molecular flexibility index (Phi) is 19.3. The van der Waals surface area contributed by atoms with Gasteiger partial charge in [-0.3, -0.25) is 15.0 Å². The van der Waals surface area contributed by atoms with Crippen molar-refractivity contribution in [2.75, 3.05) is 7.05 Å². The van der Waals surface area contributed by atoms with Crippen LogP contribution in [-0.2, 0) is 17.9 Å². The van der Waals surface area contributed by atoms with E-state index in [0.29, 0.717) is 13.1 Å². The zero-order valence-corrected chi connectivity index (χ0v) is 18.3. The second-order valence-corrected chi connectivity index (χ2v) is 5.41. The van der Waals surface area contributed by atoms with Gasteiger partial charge < -0.3 is 9.88 Å². The molecule has 0 aliphatic carbocycles. The van der Waals surface area contributed by atoms with Gasteiger partial charge >= 0.3 is 0 Å². The van der Waals surface area contributed by atoms with Crippen LogP contribution < -0.4 is 16.3 Å². The van der Waals surface area contributed by atoms with E-state index >= 15 is 0 Å². The number of hydrogen-bond donors (Lipinski definition) is 3. The van der Waals surface area contributed by atoms with Crippen molar-refractivity contribution in [1.29, 1.82) is 0 Å². The monoisotopic (exact) mass is 390 g/mol. The minimum Gasteiger partial charge on any atom is -0.320 e. The zero-order chi connectivity index (χ0) is 21.8. The third-order valence-electron chi connectivity index (χ3n) is 3.44. The average Bonchev–Trinajstić information content (AvgIpc) is 2.75. The fourth-order valence-corrected chi connectivity index (χ4v) is 2.20. The van der Waals surface area contributed by atoms with E-state index in [9.17, 15) is 4.79 Å². The summed E-state index contributed by atoms with van der Waals surface area (Å²) >= 11 is 0. The summed E-state index contributed by atoms with van der Waals surface area (Å²) in [5.41, 5.74) is 3.41. The highest BCUT2D eigenvalue weighted by Crippen LogP contribution is 2.03. The van der Waals surface area contributed by atoms with Crippen LogP contribution in [0.3, 0.4) is 0 Å². The molecule has 158 valence electrons. The minimum absolute atomic E-state index is 0.118. The van der Waals surface area contributed by atoms with E-state index in [2.05, 4.69) is 23.2 Å². The van der Waals surface area contributed by atoms with Crippen molar-refractivity contribution in [1.82, 2.24) is 15.4 Å². The van der Waals surface area contributed by atoms with Crippen molar-refractivity contribution in [3.05, 3.63) is 41.5 Å². The average molecular weight is 391 g/mol. The Bertz CT molecular complexity index is 657. The van der Waals surface area contributed by atoms with Crippen molar-refractivity contribution >= 4 is 5.91 Å². The topological polar surface area (TPSA) is 78.7 Å². The van der Waals surface area contributed by atoms with Crippen molar-refractivity contribution in [3.63, 3.8) is 0 Å². The number of nitrogens with one attached hydrogen (secondary N) is 2. The van der Waals surface area contributed by atoms with Crippen LogP contribution in [0.4, 0.5) is 0 Å². The van der Waals surface area contributed by atoms with Crippen LogP contribution in [0.15, 0.2) is 35.5 Å². The Labute approximate surface area is 170 Å². The molecule has 6 heteroatoms. The molecule has 6 nitrogen and oxygen atoms in total. The van der Waals surface area contributed by atoms with Gasteiger partial charge in [0.2, 0.25) is 0 Å². The van der Waals surface area contributed by atoms with Gasteiger partial charge in [0.05, 0.1) is 6.67 Å². The summed E-state index contributed by atoms with van der Waals surface area (Å²) in [7, 11) is 1.87. The van der Waals surface area contributed by atoms with Crippen LogP contribution in [0.2, 0.25) is 0 Å². The van der Waals surface area contributed by atoms with Gasteiger partial charge in [-0.05, 0) is 31.5 Å². The number of unbranched alkanes of at least 4 members (excludes halogenated alkanes) is 1. The third-order valence-corrected chi connectivity index (χ3v) is 3.44. The minimum atomic E-state index is -0.544. The standard InChI is InChI=1S/C18H26N4O2.2C2H6/c1-4-6-9-16(5-2)20-17-12-11-15(13-22(17)14-19-3)8-7-10-18(23)21-24;2*1-2/h2,7,10-13,16,19,24H,4,6,8-9,14H2,1,3H3,(H,21,23);2*1-2H3/b10-7+,20-17?;;. The second kappa shape index (κ2) is 19.4. The lowest BCUT2D eigenvalue weighted by molar-refractivity contribution is -0.124. The van der Waals surface area contributed by atoms with Crippen LogP contribution in [0.1, 0.15) is 59.4 Å². The Morgan fingerprint density at radius 1 is 1.36 bits per heavy atom. The Balaban J connectivity index is 0. The highest BCUT2D eigenvalue weighted by molar-refractivity contribution is 5.86. The highest BCUT2D eigenvalue weighted by atomic mass is 16.5. The van der Waals surface area contributed by atoms with E-state index in [1.807, 2.05) is 57.6 Å². The Morgan fingerprint density at radius 2 is 2.04 bits per heavy atom. The van der Waals surface area contributed by atoms with Crippen molar-refractivity contribution < 1.29 is 10.0 Å². The molecule has 0 spiro atoms. The maximum absolute atomic E-state index is 11.0. The smallest absolute Gasteiger partial charge is 0.267 e.